The number of benzene rings is 2. The fourth-order valence-corrected chi connectivity index (χ4v) is 4.99. The summed E-state index contributed by atoms with van der Waals surface area (Å²) >= 11 is 3.54. The Morgan fingerprint density at radius 3 is 2.43 bits per heavy atom. The zero-order valence-corrected chi connectivity index (χ0v) is 18.9. The lowest BCUT2D eigenvalue weighted by Crippen LogP contribution is -2.33. The molecule has 1 aliphatic carbocycles. The van der Waals surface area contributed by atoms with E-state index in [2.05, 4.69) is 88.6 Å². The minimum absolute atomic E-state index is 0.0548. The number of carbonyl (C=O) groups is 1. The number of aromatic nitrogens is 2. The predicted molar refractivity (Wildman–Crippen MR) is 123 cm³/mol. The summed E-state index contributed by atoms with van der Waals surface area (Å²) in [5.74, 6) is 0.911. The predicted octanol–water partition coefficient (Wildman–Crippen LogP) is 6.35. The first kappa shape index (κ1) is 19.3. The van der Waals surface area contributed by atoms with Gasteiger partial charge in [-0.3, -0.25) is 9.89 Å². The summed E-state index contributed by atoms with van der Waals surface area (Å²) < 4.78 is 1.02. The summed E-state index contributed by atoms with van der Waals surface area (Å²) in [4.78, 5) is 13.4. The number of rotatable bonds is 2. The molecule has 0 fully saturated rings. The first-order valence-corrected chi connectivity index (χ1v) is 11.1. The number of Topliss-reactive ketones (excluding diaryl/α,β-unsaturated/α-hetero) is 1. The lowest BCUT2D eigenvalue weighted by Gasteiger charge is -2.38. The molecule has 2 N–H and O–H groups in total. The molecule has 2 aliphatic rings. The van der Waals surface area contributed by atoms with Crippen molar-refractivity contribution >= 4 is 27.5 Å². The number of anilines is 1. The summed E-state index contributed by atoms with van der Waals surface area (Å²) in [7, 11) is 0. The lowest BCUT2D eigenvalue weighted by molar-refractivity contribution is -0.118. The Labute approximate surface area is 184 Å². The molecule has 0 saturated heterocycles. The van der Waals surface area contributed by atoms with E-state index in [-0.39, 0.29) is 17.1 Å². The van der Waals surface area contributed by atoms with Gasteiger partial charge in [0.1, 0.15) is 0 Å². The van der Waals surface area contributed by atoms with E-state index in [1.54, 1.807) is 0 Å². The van der Waals surface area contributed by atoms with Crippen LogP contribution in [-0.2, 0) is 4.79 Å². The van der Waals surface area contributed by atoms with Crippen LogP contribution >= 0.6 is 15.9 Å². The van der Waals surface area contributed by atoms with E-state index in [4.69, 9.17) is 0 Å². The molecule has 0 unspecified atom stereocenters. The zero-order chi connectivity index (χ0) is 21.0. The Hall–Kier alpha value is -2.66. The van der Waals surface area contributed by atoms with Crippen molar-refractivity contribution in [2.75, 3.05) is 5.32 Å². The number of hydrogen-bond acceptors (Lipinski definition) is 3. The lowest BCUT2D eigenvalue weighted by atomic mass is 9.69. The van der Waals surface area contributed by atoms with Gasteiger partial charge >= 0.3 is 0 Å². The van der Waals surface area contributed by atoms with Gasteiger partial charge in [0, 0.05) is 33.6 Å². The van der Waals surface area contributed by atoms with Crippen LogP contribution in [0.15, 0.2) is 64.3 Å². The second-order valence-corrected chi connectivity index (χ2v) is 10.1. The van der Waals surface area contributed by atoms with Crippen LogP contribution in [0.4, 0.5) is 5.82 Å². The third-order valence-electron chi connectivity index (χ3n) is 6.11. The fraction of sp³-hybridized carbons (Fsp3) is 0.280. The molecule has 0 saturated carbocycles. The Morgan fingerprint density at radius 1 is 1.03 bits per heavy atom. The average molecular weight is 462 g/mol. The van der Waals surface area contributed by atoms with Crippen molar-refractivity contribution in [2.24, 2.45) is 5.41 Å². The van der Waals surface area contributed by atoms with Crippen LogP contribution in [-0.4, -0.2) is 16.0 Å². The molecule has 0 bridgehead atoms. The topological polar surface area (TPSA) is 57.8 Å². The molecule has 152 valence electrons. The number of nitrogens with one attached hydrogen (secondary N) is 2. The second-order valence-electron chi connectivity index (χ2n) is 9.17. The molecule has 0 radical (unpaired) electrons. The molecule has 3 aromatic rings. The van der Waals surface area contributed by atoms with Crippen molar-refractivity contribution in [3.63, 3.8) is 0 Å². The number of halogens is 1. The zero-order valence-electron chi connectivity index (χ0n) is 17.3. The third kappa shape index (κ3) is 3.21. The van der Waals surface area contributed by atoms with Gasteiger partial charge in [-0.2, -0.15) is 5.10 Å². The number of aromatic amines is 1. The normalized spacial score (nSPS) is 19.9. The summed E-state index contributed by atoms with van der Waals surface area (Å²) in [6.07, 6.45) is 1.40. The van der Waals surface area contributed by atoms with Gasteiger partial charge < -0.3 is 5.32 Å². The molecule has 2 aromatic carbocycles. The maximum atomic E-state index is 13.4. The molecule has 0 spiro atoms. The maximum Gasteiger partial charge on any atom is 0.162 e. The molecule has 4 nitrogen and oxygen atoms in total. The minimum atomic E-state index is -0.136. The second kappa shape index (κ2) is 6.95. The van der Waals surface area contributed by atoms with Gasteiger partial charge in [-0.05, 0) is 42.0 Å². The van der Waals surface area contributed by atoms with Gasteiger partial charge in [0.05, 0.1) is 5.69 Å². The number of ketones is 1. The molecule has 0 amide bonds. The maximum absolute atomic E-state index is 13.4. The molecular weight excluding hydrogens is 438 g/mol. The molecular formula is C25H24BrN3O. The quantitative estimate of drug-likeness (QED) is 0.467. The van der Waals surface area contributed by atoms with Crippen LogP contribution < -0.4 is 5.32 Å². The number of nitrogens with zero attached hydrogens (tertiary/aromatic N) is 1. The summed E-state index contributed by atoms with van der Waals surface area (Å²) in [5.41, 5.74) is 7.26. The Morgan fingerprint density at radius 2 is 1.73 bits per heavy atom. The first-order valence-electron chi connectivity index (χ1n) is 10.3. The molecule has 5 heteroatoms. The summed E-state index contributed by atoms with van der Waals surface area (Å²) in [6.45, 7) is 6.39. The van der Waals surface area contributed by atoms with Crippen LogP contribution in [0.5, 0.6) is 0 Å². The van der Waals surface area contributed by atoms with Gasteiger partial charge in [-0.15, -0.1) is 0 Å². The van der Waals surface area contributed by atoms with Crippen molar-refractivity contribution in [2.45, 2.75) is 39.5 Å². The van der Waals surface area contributed by atoms with E-state index >= 15 is 0 Å². The van der Waals surface area contributed by atoms with Crippen LogP contribution in [0.2, 0.25) is 0 Å². The number of fused-ring (bicyclic) bond motifs is 1. The standard InChI is InChI=1S/C25H24BrN3O/c1-14-4-6-16(7-5-14)23-22-20(15-8-10-17(26)11-9-15)21-18(27-24(22)29-28-23)12-25(2,3)13-19(21)30/h4-11,20H,12-13H2,1-3H3,(H2,27,28,29)/t20-/m1/s1. The fourth-order valence-electron chi connectivity index (χ4n) is 4.72. The molecule has 1 aromatic heterocycles. The van der Waals surface area contributed by atoms with E-state index in [0.29, 0.717) is 6.42 Å². The summed E-state index contributed by atoms with van der Waals surface area (Å²) in [5, 5.41) is 11.4. The SMILES string of the molecule is Cc1ccc(-c2[nH]nc3c2[C@H](c2ccc(Br)cc2)C2=C(CC(C)(C)CC2=O)N3)cc1. The van der Waals surface area contributed by atoms with E-state index < -0.39 is 0 Å². The van der Waals surface area contributed by atoms with Gasteiger partial charge in [0.25, 0.3) is 0 Å². The molecule has 30 heavy (non-hydrogen) atoms. The van der Waals surface area contributed by atoms with Crippen molar-refractivity contribution in [1.29, 1.82) is 0 Å². The number of allylic oxidation sites excluding steroid dienone is 2. The summed E-state index contributed by atoms with van der Waals surface area (Å²) in [6, 6.07) is 16.7. The first-order chi connectivity index (χ1) is 14.3. The van der Waals surface area contributed by atoms with Gasteiger partial charge in [0.2, 0.25) is 0 Å². The number of H-pyrrole nitrogens is 1. The largest absolute Gasteiger partial charge is 0.342 e. The smallest absolute Gasteiger partial charge is 0.162 e. The Balaban J connectivity index is 1.73. The number of carbonyl (C=O) groups excluding carboxylic acids is 1. The van der Waals surface area contributed by atoms with Crippen molar-refractivity contribution in [3.8, 4) is 11.3 Å². The van der Waals surface area contributed by atoms with Gasteiger partial charge in [-0.25, -0.2) is 0 Å². The van der Waals surface area contributed by atoms with Crippen LogP contribution in [0.25, 0.3) is 11.3 Å². The van der Waals surface area contributed by atoms with Crippen LogP contribution in [0, 0.1) is 12.3 Å². The van der Waals surface area contributed by atoms with Gasteiger partial charge in [0.15, 0.2) is 11.6 Å². The number of hydrogen-bond donors (Lipinski definition) is 2. The minimum Gasteiger partial charge on any atom is -0.342 e. The van der Waals surface area contributed by atoms with Crippen molar-refractivity contribution < 1.29 is 4.79 Å². The van der Waals surface area contributed by atoms with E-state index in [1.807, 2.05) is 12.1 Å². The van der Waals surface area contributed by atoms with Crippen molar-refractivity contribution in [1.82, 2.24) is 10.2 Å². The van der Waals surface area contributed by atoms with Gasteiger partial charge in [-0.1, -0.05) is 71.7 Å². The monoisotopic (exact) mass is 461 g/mol. The molecule has 2 heterocycles. The highest BCUT2D eigenvalue weighted by Crippen LogP contribution is 2.50. The molecule has 1 atom stereocenters. The van der Waals surface area contributed by atoms with Crippen LogP contribution in [0.3, 0.4) is 0 Å². The Bertz CT molecular complexity index is 1170. The van der Waals surface area contributed by atoms with E-state index in [1.165, 1.54) is 5.56 Å². The third-order valence-corrected chi connectivity index (χ3v) is 6.64. The van der Waals surface area contributed by atoms with E-state index in [0.717, 1.165) is 50.4 Å². The highest BCUT2D eigenvalue weighted by Gasteiger charge is 2.42. The van der Waals surface area contributed by atoms with Crippen LogP contribution in [0.1, 0.15) is 49.3 Å². The molecule has 1 aliphatic heterocycles. The average Bonchev–Trinajstić information content (AvgIpc) is 3.10. The van der Waals surface area contributed by atoms with Crippen molar-refractivity contribution in [3.05, 3.63) is 81.0 Å². The Kier molecular flexibility index (Phi) is 4.47. The van der Waals surface area contributed by atoms with E-state index in [9.17, 15) is 4.79 Å². The number of aryl methyl sites for hydroxylation is 1. The highest BCUT2D eigenvalue weighted by atomic mass is 79.9. The molecule has 5 rings (SSSR count). The highest BCUT2D eigenvalue weighted by molar-refractivity contribution is 9.10.